The smallest absolute Gasteiger partial charge is 0.240 e. The van der Waals surface area contributed by atoms with Crippen LogP contribution in [0.3, 0.4) is 0 Å². The van der Waals surface area contributed by atoms with Crippen molar-refractivity contribution in [2.45, 2.75) is 44.0 Å². The summed E-state index contributed by atoms with van der Waals surface area (Å²) in [4.78, 5) is 2.57. The molecule has 1 atom stereocenters. The van der Waals surface area contributed by atoms with Gasteiger partial charge in [-0.1, -0.05) is 26.7 Å². The minimum absolute atomic E-state index is 0.161. The fraction of sp³-hybridized carbons (Fsp3) is 0.700. The van der Waals surface area contributed by atoms with Gasteiger partial charge in [-0.2, -0.15) is 0 Å². The monoisotopic (exact) mass is 412 g/mol. The normalized spacial score (nSPS) is 19.4. The predicted octanol–water partition coefficient (Wildman–Crippen LogP) is 2.26. The average Bonchev–Trinajstić information content (AvgIpc) is 2.96. The topological polar surface area (TPSA) is 77.1 Å². The number of rotatable bonds is 8. The van der Waals surface area contributed by atoms with Gasteiger partial charge in [0.25, 0.3) is 0 Å². The number of nitrogens with one attached hydrogen (secondary N) is 1. The molecule has 0 saturated carbocycles. The zero-order valence-electron chi connectivity index (χ0n) is 16.9. The van der Waals surface area contributed by atoms with Crippen molar-refractivity contribution < 1.29 is 22.6 Å². The van der Waals surface area contributed by atoms with E-state index in [1.807, 2.05) is 0 Å². The van der Waals surface area contributed by atoms with Crippen molar-refractivity contribution in [3.05, 3.63) is 18.2 Å². The molecule has 0 bridgehead atoms. The van der Waals surface area contributed by atoms with Gasteiger partial charge in [0.1, 0.15) is 0 Å². The van der Waals surface area contributed by atoms with E-state index in [0.29, 0.717) is 50.4 Å². The molecule has 158 valence electrons. The summed E-state index contributed by atoms with van der Waals surface area (Å²) < 4.78 is 45.4. The van der Waals surface area contributed by atoms with Gasteiger partial charge in [-0.3, -0.25) is 4.90 Å². The molecule has 28 heavy (non-hydrogen) atoms. The second kappa shape index (κ2) is 9.91. The highest BCUT2D eigenvalue weighted by Crippen LogP contribution is 2.32. The van der Waals surface area contributed by atoms with Crippen LogP contribution < -0.4 is 14.2 Å². The second-order valence-electron chi connectivity index (χ2n) is 7.30. The Morgan fingerprint density at radius 2 is 1.71 bits per heavy atom. The molecule has 0 aromatic heterocycles. The van der Waals surface area contributed by atoms with Gasteiger partial charge in [0.2, 0.25) is 10.0 Å². The maximum atomic E-state index is 12.9. The molecule has 1 fully saturated rings. The molecule has 1 N–H and O–H groups in total. The van der Waals surface area contributed by atoms with Crippen molar-refractivity contribution in [1.29, 1.82) is 0 Å². The molecule has 7 nitrogen and oxygen atoms in total. The Hall–Kier alpha value is -1.35. The van der Waals surface area contributed by atoms with E-state index in [4.69, 9.17) is 14.2 Å². The molecule has 0 spiro atoms. The van der Waals surface area contributed by atoms with E-state index in [0.717, 1.165) is 32.4 Å². The van der Waals surface area contributed by atoms with Crippen molar-refractivity contribution >= 4 is 10.0 Å². The lowest BCUT2D eigenvalue weighted by Gasteiger charge is -2.38. The highest BCUT2D eigenvalue weighted by atomic mass is 32.2. The van der Waals surface area contributed by atoms with Gasteiger partial charge >= 0.3 is 0 Å². The summed E-state index contributed by atoms with van der Waals surface area (Å²) in [6, 6.07) is 4.98. The summed E-state index contributed by atoms with van der Waals surface area (Å²) in [5.41, 5.74) is 0. The lowest BCUT2D eigenvalue weighted by atomic mass is 9.92. The van der Waals surface area contributed by atoms with Crippen LogP contribution in [0.4, 0.5) is 0 Å². The molecule has 0 radical (unpaired) electrons. The number of nitrogens with zero attached hydrogens (tertiary/aromatic N) is 1. The summed E-state index contributed by atoms with van der Waals surface area (Å²) in [5.74, 6) is 1.52. The molecule has 8 heteroatoms. The fourth-order valence-electron chi connectivity index (χ4n) is 3.93. The first kappa shape index (κ1) is 21.4. The van der Waals surface area contributed by atoms with E-state index >= 15 is 0 Å². The minimum Gasteiger partial charge on any atom is -0.490 e. The first-order valence-electron chi connectivity index (χ1n) is 10.3. The molecule has 1 saturated heterocycles. The van der Waals surface area contributed by atoms with Crippen LogP contribution in [-0.2, 0) is 14.8 Å². The van der Waals surface area contributed by atoms with Crippen molar-refractivity contribution in [2.75, 3.05) is 46.1 Å². The molecular formula is C20H32N2O5S. The van der Waals surface area contributed by atoms with Gasteiger partial charge in [-0.15, -0.1) is 0 Å². The average molecular weight is 413 g/mol. The van der Waals surface area contributed by atoms with E-state index in [2.05, 4.69) is 23.5 Å². The molecule has 0 amide bonds. The van der Waals surface area contributed by atoms with Gasteiger partial charge in [-0.05, 0) is 18.1 Å². The van der Waals surface area contributed by atoms with Crippen LogP contribution in [0.25, 0.3) is 0 Å². The molecule has 0 aliphatic carbocycles. The maximum absolute atomic E-state index is 12.9. The van der Waals surface area contributed by atoms with Crippen LogP contribution in [0.5, 0.6) is 11.5 Å². The Morgan fingerprint density at radius 1 is 1.04 bits per heavy atom. The number of ether oxygens (including phenoxy) is 3. The van der Waals surface area contributed by atoms with Crippen LogP contribution in [0.15, 0.2) is 23.1 Å². The molecule has 2 aliphatic rings. The predicted molar refractivity (Wildman–Crippen MR) is 107 cm³/mol. The SMILES string of the molecule is CCC(CC)[C@H](CNS(=O)(=O)c1ccc2c(c1)OCCCO2)N1CCOCC1. The standard InChI is InChI=1S/C20H32N2O5S/c1-3-16(4-2)18(22-8-12-25-13-9-22)15-21-28(23,24)17-6-7-19-20(14-17)27-11-5-10-26-19/h6-7,14,16,18,21H,3-5,8-13,15H2,1-2H3/t18-/m0/s1. The Labute approximate surface area is 168 Å². The summed E-state index contributed by atoms with van der Waals surface area (Å²) in [7, 11) is -3.63. The maximum Gasteiger partial charge on any atom is 0.240 e. The Morgan fingerprint density at radius 3 is 2.39 bits per heavy atom. The first-order valence-corrected chi connectivity index (χ1v) is 11.7. The minimum atomic E-state index is -3.63. The van der Waals surface area contributed by atoms with E-state index < -0.39 is 10.0 Å². The number of benzene rings is 1. The number of fused-ring (bicyclic) bond motifs is 1. The lowest BCUT2D eigenvalue weighted by molar-refractivity contribution is 0.00297. The van der Waals surface area contributed by atoms with E-state index in [1.54, 1.807) is 18.2 Å². The fourth-order valence-corrected chi connectivity index (χ4v) is 4.99. The molecule has 3 rings (SSSR count). The van der Waals surface area contributed by atoms with Crippen LogP contribution >= 0.6 is 0 Å². The zero-order chi connectivity index (χ0) is 20.0. The van der Waals surface area contributed by atoms with Crippen LogP contribution in [0, 0.1) is 5.92 Å². The van der Waals surface area contributed by atoms with Gasteiger partial charge < -0.3 is 14.2 Å². The van der Waals surface area contributed by atoms with Gasteiger partial charge in [-0.25, -0.2) is 13.1 Å². The summed E-state index contributed by atoms with van der Waals surface area (Å²) >= 11 is 0. The molecule has 2 aliphatic heterocycles. The number of sulfonamides is 1. The Balaban J connectivity index is 1.73. The third-order valence-corrected chi connectivity index (χ3v) is 7.04. The van der Waals surface area contributed by atoms with E-state index in [1.165, 1.54) is 0 Å². The molecule has 1 aromatic rings. The van der Waals surface area contributed by atoms with Gasteiger partial charge in [0, 0.05) is 38.2 Å². The van der Waals surface area contributed by atoms with Gasteiger partial charge in [0.05, 0.1) is 31.3 Å². The largest absolute Gasteiger partial charge is 0.490 e. The van der Waals surface area contributed by atoms with Crippen molar-refractivity contribution in [3.8, 4) is 11.5 Å². The number of hydrogen-bond acceptors (Lipinski definition) is 6. The summed E-state index contributed by atoms with van der Waals surface area (Å²) in [6.07, 6.45) is 2.82. The highest BCUT2D eigenvalue weighted by molar-refractivity contribution is 7.89. The Kier molecular flexibility index (Phi) is 7.56. The third kappa shape index (κ3) is 5.17. The first-order chi connectivity index (χ1) is 13.5. The summed E-state index contributed by atoms with van der Waals surface area (Å²) in [5, 5.41) is 0. The van der Waals surface area contributed by atoms with Crippen LogP contribution in [0.1, 0.15) is 33.1 Å². The molecule has 2 heterocycles. The quantitative estimate of drug-likeness (QED) is 0.706. The second-order valence-corrected chi connectivity index (χ2v) is 9.07. The van der Waals surface area contributed by atoms with Gasteiger partial charge in [0.15, 0.2) is 11.5 Å². The molecular weight excluding hydrogens is 380 g/mol. The zero-order valence-corrected chi connectivity index (χ0v) is 17.7. The lowest BCUT2D eigenvalue weighted by Crippen LogP contribution is -2.52. The van der Waals surface area contributed by atoms with Crippen molar-refractivity contribution in [2.24, 2.45) is 5.92 Å². The van der Waals surface area contributed by atoms with Crippen molar-refractivity contribution in [3.63, 3.8) is 0 Å². The van der Waals surface area contributed by atoms with Crippen molar-refractivity contribution in [1.82, 2.24) is 9.62 Å². The van der Waals surface area contributed by atoms with E-state index in [-0.39, 0.29) is 10.9 Å². The van der Waals surface area contributed by atoms with Crippen LogP contribution in [0.2, 0.25) is 0 Å². The molecule has 1 aromatic carbocycles. The highest BCUT2D eigenvalue weighted by Gasteiger charge is 2.29. The third-order valence-electron chi connectivity index (χ3n) is 5.62. The number of hydrogen-bond donors (Lipinski definition) is 1. The Bertz CT molecular complexity index is 730. The molecule has 0 unspecified atom stereocenters. The van der Waals surface area contributed by atoms with Crippen LogP contribution in [-0.4, -0.2) is 65.4 Å². The van der Waals surface area contributed by atoms with E-state index in [9.17, 15) is 8.42 Å². The number of morpholine rings is 1. The summed E-state index contributed by atoms with van der Waals surface area (Å²) in [6.45, 7) is 8.91.